The van der Waals surface area contributed by atoms with Crippen LogP contribution in [-0.4, -0.2) is 57.1 Å². The summed E-state index contributed by atoms with van der Waals surface area (Å²) in [7, 11) is -2.36. The van der Waals surface area contributed by atoms with Crippen molar-refractivity contribution in [1.82, 2.24) is 10.2 Å². The van der Waals surface area contributed by atoms with Crippen molar-refractivity contribution in [3.05, 3.63) is 58.1 Å². The summed E-state index contributed by atoms with van der Waals surface area (Å²) in [4.78, 5) is 28.2. The Hall–Kier alpha value is -2.49. The minimum absolute atomic E-state index is 0.0145. The average Bonchev–Trinajstić information content (AvgIpc) is 2.83. The van der Waals surface area contributed by atoms with E-state index in [0.717, 1.165) is 22.5 Å². The summed E-state index contributed by atoms with van der Waals surface area (Å²) in [6.07, 6.45) is 2.04. The maximum absolute atomic E-state index is 13.7. The number of sulfonamides is 1. The fourth-order valence-electron chi connectivity index (χ4n) is 3.57. The first-order valence-corrected chi connectivity index (χ1v) is 14.2. The molecule has 36 heavy (non-hydrogen) atoms. The molecule has 0 bridgehead atoms. The minimum Gasteiger partial charge on any atom is -0.497 e. The van der Waals surface area contributed by atoms with Gasteiger partial charge in [-0.1, -0.05) is 55.2 Å². The van der Waals surface area contributed by atoms with Gasteiger partial charge in [0.2, 0.25) is 21.8 Å². The first-order chi connectivity index (χ1) is 16.9. The molecule has 0 aromatic heterocycles. The molecule has 0 fully saturated rings. The molecule has 0 heterocycles. The summed E-state index contributed by atoms with van der Waals surface area (Å²) in [5, 5.41) is 3.10. The number of amides is 2. The molecule has 2 aromatic rings. The normalized spacial score (nSPS) is 13.0. The number of carbonyl (C=O) groups excluding carboxylic acids is 2. The fraction of sp³-hybridized carbons (Fsp3) is 0.440. The zero-order valence-corrected chi connectivity index (χ0v) is 23.5. The Balaban J connectivity index is 2.48. The predicted molar refractivity (Wildman–Crippen MR) is 144 cm³/mol. The van der Waals surface area contributed by atoms with E-state index in [1.807, 2.05) is 13.8 Å². The summed E-state index contributed by atoms with van der Waals surface area (Å²) in [6.45, 7) is 5.17. The largest absolute Gasteiger partial charge is 0.497 e. The van der Waals surface area contributed by atoms with E-state index in [0.29, 0.717) is 12.2 Å². The number of anilines is 1. The van der Waals surface area contributed by atoms with E-state index >= 15 is 0 Å². The quantitative estimate of drug-likeness (QED) is 0.414. The van der Waals surface area contributed by atoms with Gasteiger partial charge in [0.15, 0.2) is 0 Å². The third-order valence-electron chi connectivity index (χ3n) is 5.78. The van der Waals surface area contributed by atoms with Crippen LogP contribution in [0, 0.1) is 0 Å². The van der Waals surface area contributed by atoms with E-state index in [2.05, 4.69) is 5.32 Å². The van der Waals surface area contributed by atoms with Crippen LogP contribution >= 0.6 is 23.2 Å². The Kier molecular flexibility index (Phi) is 10.9. The molecular weight excluding hydrogens is 525 g/mol. The summed E-state index contributed by atoms with van der Waals surface area (Å²) in [6, 6.07) is 10.8. The second-order valence-electron chi connectivity index (χ2n) is 8.45. The van der Waals surface area contributed by atoms with Crippen LogP contribution < -0.4 is 14.4 Å². The molecule has 0 aliphatic heterocycles. The van der Waals surface area contributed by atoms with Gasteiger partial charge in [0.25, 0.3) is 0 Å². The zero-order chi connectivity index (χ0) is 27.0. The lowest BCUT2D eigenvalue weighted by Gasteiger charge is -2.33. The van der Waals surface area contributed by atoms with Gasteiger partial charge in [-0.3, -0.25) is 13.9 Å². The molecule has 2 atom stereocenters. The second-order valence-corrected chi connectivity index (χ2v) is 11.1. The molecule has 11 heteroatoms. The molecule has 0 aliphatic rings. The van der Waals surface area contributed by atoms with Crippen LogP contribution in [0.5, 0.6) is 5.75 Å². The van der Waals surface area contributed by atoms with E-state index in [9.17, 15) is 18.0 Å². The molecule has 2 rings (SSSR count). The van der Waals surface area contributed by atoms with E-state index in [-0.39, 0.29) is 34.2 Å². The van der Waals surface area contributed by atoms with E-state index in [1.54, 1.807) is 44.4 Å². The second kappa shape index (κ2) is 13.2. The van der Waals surface area contributed by atoms with E-state index < -0.39 is 28.5 Å². The van der Waals surface area contributed by atoms with Crippen molar-refractivity contribution in [3.8, 4) is 5.75 Å². The molecule has 2 aromatic carbocycles. The molecule has 198 valence electrons. The Morgan fingerprint density at radius 3 is 2.22 bits per heavy atom. The van der Waals surface area contributed by atoms with Crippen molar-refractivity contribution in [1.29, 1.82) is 0 Å². The van der Waals surface area contributed by atoms with Crippen LogP contribution in [0.4, 0.5) is 5.69 Å². The lowest BCUT2D eigenvalue weighted by Crippen LogP contribution is -2.53. The molecule has 0 saturated heterocycles. The van der Waals surface area contributed by atoms with Gasteiger partial charge in [-0.05, 0) is 49.6 Å². The van der Waals surface area contributed by atoms with Crippen LogP contribution in [0.15, 0.2) is 42.5 Å². The van der Waals surface area contributed by atoms with Gasteiger partial charge in [0, 0.05) is 12.6 Å². The number of nitrogens with zero attached hydrogens (tertiary/aromatic N) is 2. The van der Waals surface area contributed by atoms with Crippen LogP contribution in [-0.2, 0) is 26.2 Å². The topological polar surface area (TPSA) is 96.0 Å². The molecule has 0 saturated carbocycles. The van der Waals surface area contributed by atoms with Gasteiger partial charge in [0.05, 0.1) is 29.1 Å². The Morgan fingerprint density at radius 1 is 1.06 bits per heavy atom. The highest BCUT2D eigenvalue weighted by Crippen LogP contribution is 2.33. The van der Waals surface area contributed by atoms with Crippen LogP contribution in [0.1, 0.15) is 39.2 Å². The lowest BCUT2D eigenvalue weighted by molar-refractivity contribution is -0.140. The number of halogens is 2. The zero-order valence-electron chi connectivity index (χ0n) is 21.1. The molecular formula is C25H33Cl2N3O5S. The molecule has 0 aliphatic carbocycles. The average molecular weight is 559 g/mol. The van der Waals surface area contributed by atoms with Crippen LogP contribution in [0.2, 0.25) is 10.0 Å². The highest BCUT2D eigenvalue weighted by molar-refractivity contribution is 7.92. The monoisotopic (exact) mass is 557 g/mol. The highest BCUT2D eigenvalue weighted by Gasteiger charge is 2.32. The van der Waals surface area contributed by atoms with Crippen molar-refractivity contribution in [2.24, 2.45) is 0 Å². The Bertz CT molecular complexity index is 1160. The number of hydrogen-bond donors (Lipinski definition) is 1. The fourth-order valence-corrected chi connectivity index (χ4v) is 4.87. The molecule has 1 N–H and O–H groups in total. The number of nitrogens with one attached hydrogen (secondary N) is 1. The summed E-state index contributed by atoms with van der Waals surface area (Å²) >= 11 is 12.4. The van der Waals surface area contributed by atoms with Crippen molar-refractivity contribution in [2.45, 2.75) is 52.2 Å². The van der Waals surface area contributed by atoms with Gasteiger partial charge in [-0.25, -0.2) is 8.42 Å². The van der Waals surface area contributed by atoms with Crippen LogP contribution in [0.25, 0.3) is 0 Å². The SMILES string of the molecule is CC[C@H](C(=O)N[C@@H](C)CC)N(Cc1ccc(OC)cc1)C(=O)CN(c1cccc(Cl)c1Cl)S(C)(=O)=O. The first kappa shape index (κ1) is 29.7. The van der Waals surface area contributed by atoms with E-state index in [4.69, 9.17) is 27.9 Å². The molecule has 0 radical (unpaired) electrons. The van der Waals surface area contributed by atoms with Crippen LogP contribution in [0.3, 0.4) is 0 Å². The maximum Gasteiger partial charge on any atom is 0.244 e. The standard InChI is InChI=1S/C25H33Cl2N3O5S/c1-6-17(3)28-25(32)21(7-2)29(15-18-11-13-19(35-4)14-12-18)23(31)16-30(36(5,33)34)22-10-8-9-20(26)24(22)27/h8-14,17,21H,6-7,15-16H2,1-5H3,(H,28,32)/t17-,21+/m0/s1. The number of methoxy groups -OCH3 is 1. The first-order valence-electron chi connectivity index (χ1n) is 11.6. The Labute approximate surface area is 223 Å². The van der Waals surface area contributed by atoms with Gasteiger partial charge >= 0.3 is 0 Å². The summed E-state index contributed by atoms with van der Waals surface area (Å²) in [5.41, 5.74) is 0.840. The summed E-state index contributed by atoms with van der Waals surface area (Å²) < 4.78 is 31.5. The minimum atomic E-state index is -3.92. The number of benzene rings is 2. The van der Waals surface area contributed by atoms with Gasteiger partial charge < -0.3 is 15.0 Å². The third kappa shape index (κ3) is 7.75. The molecule has 8 nitrogen and oxygen atoms in total. The van der Waals surface area contributed by atoms with E-state index in [1.165, 1.54) is 17.0 Å². The smallest absolute Gasteiger partial charge is 0.244 e. The van der Waals surface area contributed by atoms with Gasteiger partial charge in [-0.15, -0.1) is 0 Å². The molecule has 0 unspecified atom stereocenters. The summed E-state index contributed by atoms with van der Waals surface area (Å²) in [5.74, 6) is -0.212. The van der Waals surface area contributed by atoms with Gasteiger partial charge in [-0.2, -0.15) is 0 Å². The van der Waals surface area contributed by atoms with Crippen molar-refractivity contribution in [2.75, 3.05) is 24.2 Å². The molecule has 0 spiro atoms. The highest BCUT2D eigenvalue weighted by atomic mass is 35.5. The number of hydrogen-bond acceptors (Lipinski definition) is 5. The number of rotatable bonds is 12. The number of ether oxygens (including phenoxy) is 1. The lowest BCUT2D eigenvalue weighted by atomic mass is 10.1. The Morgan fingerprint density at radius 2 is 1.69 bits per heavy atom. The van der Waals surface area contributed by atoms with Crippen molar-refractivity contribution < 1.29 is 22.7 Å². The predicted octanol–water partition coefficient (Wildman–Crippen LogP) is 4.49. The van der Waals surface area contributed by atoms with Crippen molar-refractivity contribution in [3.63, 3.8) is 0 Å². The number of carbonyl (C=O) groups is 2. The van der Waals surface area contributed by atoms with Gasteiger partial charge in [0.1, 0.15) is 18.3 Å². The molecule has 2 amide bonds. The maximum atomic E-state index is 13.7. The third-order valence-corrected chi connectivity index (χ3v) is 7.71. The van der Waals surface area contributed by atoms with Crippen molar-refractivity contribution >= 4 is 50.7 Å².